The summed E-state index contributed by atoms with van der Waals surface area (Å²) in [4.78, 5) is 0. The maximum Gasteiger partial charge on any atom is 0.477 e. The Morgan fingerprint density at radius 3 is 1.42 bits per heavy atom. The average molecular weight is 481 g/mol. The molecule has 0 aliphatic rings. The van der Waals surface area contributed by atoms with E-state index >= 15 is 0 Å². The molecule has 0 aliphatic heterocycles. The van der Waals surface area contributed by atoms with E-state index in [0.29, 0.717) is 13.2 Å². The molecule has 0 rings (SSSR count). The molecule has 0 saturated carbocycles. The van der Waals surface area contributed by atoms with Gasteiger partial charge in [-0.05, 0) is 32.1 Å². The summed E-state index contributed by atoms with van der Waals surface area (Å²) in [6.45, 7) is 12.0. The first kappa shape index (κ1) is 31.5. The normalized spacial score (nSPS) is 12.9. The molecule has 0 N–H and O–H groups in total. The smallest absolute Gasteiger partial charge is 0.287 e. The van der Waals surface area contributed by atoms with Gasteiger partial charge in [-0.2, -0.15) is 0 Å². The van der Waals surface area contributed by atoms with Gasteiger partial charge in [-0.25, -0.2) is 4.57 Å². The fourth-order valence-electron chi connectivity index (χ4n) is 3.97. The molecule has 0 bridgehead atoms. The average Bonchev–Trinajstić information content (AvgIpc) is 2.77. The van der Waals surface area contributed by atoms with Crippen LogP contribution < -0.4 is 0 Å². The lowest BCUT2D eigenvalue weighted by molar-refractivity contribution is 0.154. The summed E-state index contributed by atoms with van der Waals surface area (Å²) >= 11 is 0. The van der Waals surface area contributed by atoms with Crippen molar-refractivity contribution in [3.8, 4) is 0 Å². The minimum absolute atomic E-state index is 0.103. The van der Waals surface area contributed by atoms with Crippen LogP contribution in [0, 0.1) is 0 Å². The van der Waals surface area contributed by atoms with Gasteiger partial charge in [0.05, 0.1) is 13.2 Å². The molecule has 0 aromatic rings. The fraction of sp³-hybridized carbons (Fsp3) is 1.00. The summed E-state index contributed by atoms with van der Waals surface area (Å²) in [5.74, 6) is 0. The highest BCUT2D eigenvalue weighted by molar-refractivity contribution is 7.56. The summed E-state index contributed by atoms with van der Waals surface area (Å²) in [6, 6.07) is 0. The summed E-state index contributed by atoms with van der Waals surface area (Å²) in [5, 5.41) is 0.103. The number of hydrogen-bond donors (Lipinski definition) is 0. The third kappa shape index (κ3) is 16.7. The lowest BCUT2D eigenvalue weighted by Crippen LogP contribution is -2.22. The Labute approximate surface area is 196 Å². The molecule has 0 radical (unpaired) electrons. The van der Waals surface area contributed by atoms with Crippen LogP contribution in [-0.4, -0.2) is 18.4 Å². The zero-order valence-corrected chi connectivity index (χ0v) is 23.4. The van der Waals surface area contributed by atoms with Crippen molar-refractivity contribution in [2.24, 2.45) is 0 Å². The van der Waals surface area contributed by atoms with Crippen molar-refractivity contribution in [3.63, 3.8) is 0 Å². The Morgan fingerprint density at radius 1 is 0.613 bits per heavy atom. The third-order valence-electron chi connectivity index (χ3n) is 6.00. The lowest BCUT2D eigenvalue weighted by atomic mass is 9.94. The lowest BCUT2D eigenvalue weighted by Gasteiger charge is -2.32. The second-order valence-corrected chi connectivity index (χ2v) is 12.4. The van der Waals surface area contributed by atoms with Crippen LogP contribution in [-0.2, 0) is 17.9 Å². The van der Waals surface area contributed by atoms with E-state index in [2.05, 4.69) is 34.6 Å². The molecular formula is C25H54O4P2. The van der Waals surface area contributed by atoms with Crippen LogP contribution in [0.4, 0.5) is 0 Å². The highest BCUT2D eigenvalue weighted by Gasteiger charge is 2.34. The molecule has 0 aliphatic carbocycles. The van der Waals surface area contributed by atoms with Gasteiger partial charge in [-0.1, -0.05) is 112 Å². The van der Waals surface area contributed by atoms with Crippen molar-refractivity contribution < 1.29 is 17.9 Å². The highest BCUT2D eigenvalue weighted by Crippen LogP contribution is 2.59. The third-order valence-corrected chi connectivity index (χ3v) is 9.55. The first-order valence-corrected chi connectivity index (χ1v) is 15.7. The second-order valence-electron chi connectivity index (χ2n) is 8.98. The Kier molecular flexibility index (Phi) is 21.5. The van der Waals surface area contributed by atoms with Crippen molar-refractivity contribution in [1.29, 1.82) is 0 Å². The molecule has 0 heterocycles. The van der Waals surface area contributed by atoms with E-state index in [1.54, 1.807) is 0 Å². The second kappa shape index (κ2) is 21.1. The predicted octanol–water partition coefficient (Wildman–Crippen LogP) is 10.2. The molecule has 0 amide bonds. The summed E-state index contributed by atoms with van der Waals surface area (Å²) < 4.78 is 31.0. The van der Waals surface area contributed by atoms with E-state index in [-0.39, 0.29) is 14.0 Å². The molecular weight excluding hydrogens is 426 g/mol. The van der Waals surface area contributed by atoms with Crippen LogP contribution in [0.1, 0.15) is 144 Å². The van der Waals surface area contributed by atoms with Crippen LogP contribution in [0.25, 0.3) is 0 Å². The monoisotopic (exact) mass is 480 g/mol. The van der Waals surface area contributed by atoms with E-state index in [9.17, 15) is 4.57 Å². The van der Waals surface area contributed by atoms with E-state index in [1.807, 2.05) is 0 Å². The predicted molar refractivity (Wildman–Crippen MR) is 139 cm³/mol. The zero-order valence-electron chi connectivity index (χ0n) is 21.5. The zero-order chi connectivity index (χ0) is 23.3. The molecule has 0 saturated heterocycles. The number of phosphoric ester groups is 1. The van der Waals surface area contributed by atoms with E-state index < -0.39 is 7.82 Å². The fourth-order valence-corrected chi connectivity index (χ4v) is 7.24. The molecule has 31 heavy (non-hydrogen) atoms. The van der Waals surface area contributed by atoms with Crippen molar-refractivity contribution in [3.05, 3.63) is 0 Å². The van der Waals surface area contributed by atoms with Crippen molar-refractivity contribution >= 4 is 16.6 Å². The number of hydrogen-bond acceptors (Lipinski definition) is 4. The molecule has 1 atom stereocenters. The summed E-state index contributed by atoms with van der Waals surface area (Å²) in [5.41, 5.74) is 0. The summed E-state index contributed by atoms with van der Waals surface area (Å²) in [6.07, 6.45) is 19.6. The number of phosphoric acid groups is 1. The molecule has 0 fully saturated rings. The highest BCUT2D eigenvalue weighted by atomic mass is 31.2. The minimum Gasteiger partial charge on any atom is -0.287 e. The Balaban J connectivity index is 4.66. The van der Waals surface area contributed by atoms with Crippen molar-refractivity contribution in [2.75, 3.05) is 13.2 Å². The van der Waals surface area contributed by atoms with Crippen molar-refractivity contribution in [1.82, 2.24) is 0 Å². The van der Waals surface area contributed by atoms with Crippen molar-refractivity contribution in [2.45, 2.75) is 149 Å². The topological polar surface area (TPSA) is 44.8 Å². The van der Waals surface area contributed by atoms with Crippen LogP contribution in [0.3, 0.4) is 0 Å². The minimum atomic E-state index is -3.49. The van der Waals surface area contributed by atoms with Crippen LogP contribution in [0.5, 0.6) is 0 Å². The first-order valence-electron chi connectivity index (χ1n) is 13.4. The quantitative estimate of drug-likeness (QED) is 0.102. The van der Waals surface area contributed by atoms with Gasteiger partial charge < -0.3 is 0 Å². The van der Waals surface area contributed by atoms with Gasteiger partial charge in [-0.3, -0.25) is 13.4 Å². The first-order chi connectivity index (χ1) is 15.0. The van der Waals surface area contributed by atoms with Crippen LogP contribution in [0.2, 0.25) is 0 Å². The number of rotatable bonds is 24. The molecule has 0 spiro atoms. The van der Waals surface area contributed by atoms with Gasteiger partial charge >= 0.3 is 7.82 Å². The van der Waals surface area contributed by atoms with Gasteiger partial charge in [-0.15, -0.1) is 0 Å². The molecule has 6 heteroatoms. The number of unbranched alkanes of at least 4 members (excludes halogenated alkanes) is 10. The van der Waals surface area contributed by atoms with E-state index in [4.69, 9.17) is 13.4 Å². The largest absolute Gasteiger partial charge is 0.477 e. The van der Waals surface area contributed by atoms with Gasteiger partial charge in [0, 0.05) is 14.0 Å². The van der Waals surface area contributed by atoms with E-state index in [0.717, 1.165) is 57.8 Å². The SMILES string of the molecule is CCCCCCCCOP(=O)(OCCCCCCCC)OPC(CC)(CCC)CCC. The van der Waals surface area contributed by atoms with Crippen LogP contribution in [0.15, 0.2) is 0 Å². The molecule has 4 nitrogen and oxygen atoms in total. The van der Waals surface area contributed by atoms with Gasteiger partial charge in [0.2, 0.25) is 0 Å². The Bertz CT molecular complexity index is 404. The molecule has 1 unspecified atom stereocenters. The maximum absolute atomic E-state index is 13.4. The van der Waals surface area contributed by atoms with Gasteiger partial charge in [0.15, 0.2) is 0 Å². The molecule has 0 aromatic carbocycles. The van der Waals surface area contributed by atoms with E-state index in [1.165, 1.54) is 51.4 Å². The maximum atomic E-state index is 13.4. The standard InChI is InChI=1S/C25H54O4P2/c1-6-11-13-15-17-19-23-27-31(26,28-24-20-18-16-14-12-7-2)29-30-25(10-5,21-8-3)22-9-4/h30H,6-24H2,1-5H3. The van der Waals surface area contributed by atoms with Gasteiger partial charge in [0.1, 0.15) is 0 Å². The Hall–Kier alpha value is 0.540. The molecule has 0 aromatic heterocycles. The summed E-state index contributed by atoms with van der Waals surface area (Å²) in [7, 11) is -3.32. The van der Waals surface area contributed by atoms with Gasteiger partial charge in [0.25, 0.3) is 0 Å². The molecule has 188 valence electrons. The Morgan fingerprint density at radius 2 is 1.03 bits per heavy atom. The van der Waals surface area contributed by atoms with Crippen LogP contribution >= 0.6 is 16.6 Å².